The third kappa shape index (κ3) is 14.7. The number of rotatable bonds is 32. The molecule has 5 rings (SSSR count). The number of ether oxygens (including phenoxy) is 1. The second kappa shape index (κ2) is 27.0. The third-order valence-electron chi connectivity index (χ3n) is 13.2. The summed E-state index contributed by atoms with van der Waals surface area (Å²) in [5, 5.41) is 2.96. The molecule has 0 unspecified atom stereocenters. The van der Waals surface area contributed by atoms with Gasteiger partial charge in [-0.25, -0.2) is 0 Å². The second-order valence-corrected chi connectivity index (χ2v) is 21.1. The lowest BCUT2D eigenvalue weighted by Gasteiger charge is -2.25. The van der Waals surface area contributed by atoms with Crippen molar-refractivity contribution in [3.63, 3.8) is 0 Å². The maximum atomic E-state index is 16.0. The molecule has 370 valence electrons. The fourth-order valence-electron chi connectivity index (χ4n) is 9.08. The normalized spacial score (nSPS) is 15.1. The molecule has 2 aromatic carbocycles. The Morgan fingerprint density at radius 3 is 1.27 bits per heavy atom. The zero-order valence-corrected chi connectivity index (χ0v) is 42.2. The quantitative estimate of drug-likeness (QED) is 0.0391. The van der Waals surface area contributed by atoms with Crippen molar-refractivity contribution in [3.05, 3.63) is 87.1 Å². The highest BCUT2D eigenvalue weighted by molar-refractivity contribution is 7.16. The van der Waals surface area contributed by atoms with Gasteiger partial charge in [0.15, 0.2) is 0 Å². The van der Waals surface area contributed by atoms with Gasteiger partial charge in [-0.05, 0) is 97.5 Å². The van der Waals surface area contributed by atoms with E-state index in [9.17, 15) is 4.79 Å². The molecule has 1 amide bonds. The Bertz CT molecular complexity index is 2120. The van der Waals surface area contributed by atoms with Gasteiger partial charge < -0.3 is 10.1 Å². The van der Waals surface area contributed by atoms with Crippen LogP contribution in [0.25, 0.3) is 32.0 Å². The zero-order chi connectivity index (χ0) is 48.3. The van der Waals surface area contributed by atoms with Crippen molar-refractivity contribution < 1.29 is 35.9 Å². The number of unbranched alkanes of at least 4 members (excludes halogenated alkanes) is 22. The highest BCUT2D eigenvalue weighted by Gasteiger charge is 2.80. The Labute approximate surface area is 405 Å². The molecule has 0 aliphatic heterocycles. The van der Waals surface area contributed by atoms with E-state index in [0.29, 0.717) is 45.3 Å². The fourth-order valence-corrected chi connectivity index (χ4v) is 11.1. The lowest BCUT2D eigenvalue weighted by atomic mass is 9.94. The van der Waals surface area contributed by atoms with Gasteiger partial charge in [-0.2, -0.15) is 26.3 Å². The van der Waals surface area contributed by atoms with Gasteiger partial charge in [0.05, 0.1) is 6.61 Å². The van der Waals surface area contributed by atoms with Gasteiger partial charge in [0.25, 0.3) is 5.91 Å². The van der Waals surface area contributed by atoms with Crippen LogP contribution in [-0.4, -0.2) is 36.8 Å². The molecule has 67 heavy (non-hydrogen) atoms. The van der Waals surface area contributed by atoms with Crippen LogP contribution in [-0.2, 0) is 0 Å². The molecule has 4 aromatic rings. The number of halogens is 6. The predicted octanol–water partition coefficient (Wildman–Crippen LogP) is 19.1. The average Bonchev–Trinajstić information content (AvgIpc) is 3.92. The van der Waals surface area contributed by atoms with E-state index < -0.39 is 28.9 Å². The summed E-state index contributed by atoms with van der Waals surface area (Å²) in [4.78, 5) is 14.3. The predicted molar refractivity (Wildman–Crippen MR) is 271 cm³/mol. The van der Waals surface area contributed by atoms with E-state index in [1.165, 1.54) is 148 Å². The molecule has 2 aromatic heterocycles. The summed E-state index contributed by atoms with van der Waals surface area (Å²) in [5.74, 6) is -15.6. The number of carbonyl (C=O) groups is 1. The molecule has 1 aliphatic carbocycles. The Kier molecular flexibility index (Phi) is 21.9. The molecule has 0 fully saturated rings. The van der Waals surface area contributed by atoms with Crippen molar-refractivity contribution in [2.24, 2.45) is 0 Å². The van der Waals surface area contributed by atoms with Crippen LogP contribution < -0.4 is 10.1 Å². The van der Waals surface area contributed by atoms with Gasteiger partial charge in [0.1, 0.15) is 5.75 Å². The van der Waals surface area contributed by atoms with Gasteiger partial charge in [-0.3, -0.25) is 4.79 Å². The molecule has 2 heterocycles. The number of nitrogens with one attached hydrogen (secondary N) is 1. The topological polar surface area (TPSA) is 38.3 Å². The largest absolute Gasteiger partial charge is 0.494 e. The number of hydrogen-bond donors (Lipinski definition) is 1. The van der Waals surface area contributed by atoms with E-state index in [2.05, 4.69) is 19.2 Å². The summed E-state index contributed by atoms with van der Waals surface area (Å²) in [6.45, 7) is 8.56. The van der Waals surface area contributed by atoms with Crippen LogP contribution in [0, 0.1) is 13.8 Å². The molecular formula is C56H75F6NO2S2. The van der Waals surface area contributed by atoms with E-state index in [-0.39, 0.29) is 26.8 Å². The molecule has 0 bridgehead atoms. The number of hydrogen-bond acceptors (Lipinski definition) is 4. The van der Waals surface area contributed by atoms with Crippen molar-refractivity contribution >= 4 is 39.7 Å². The number of thiophene rings is 2. The third-order valence-corrected chi connectivity index (χ3v) is 15.4. The minimum Gasteiger partial charge on any atom is -0.494 e. The van der Waals surface area contributed by atoms with Crippen LogP contribution in [0.3, 0.4) is 0 Å². The van der Waals surface area contributed by atoms with Crippen LogP contribution in [0.5, 0.6) is 5.75 Å². The average molecular weight is 972 g/mol. The molecule has 3 nitrogen and oxygen atoms in total. The van der Waals surface area contributed by atoms with Crippen LogP contribution in [0.15, 0.2) is 60.7 Å². The number of allylic oxidation sites excluding steroid dienone is 2. The summed E-state index contributed by atoms with van der Waals surface area (Å²) in [6, 6.07) is 16.2. The monoisotopic (exact) mass is 972 g/mol. The maximum Gasteiger partial charge on any atom is 0.380 e. The number of amides is 1. The Hall–Kier alpha value is -3.57. The lowest BCUT2D eigenvalue weighted by Crippen LogP contribution is -2.48. The van der Waals surface area contributed by atoms with Crippen molar-refractivity contribution in [1.29, 1.82) is 0 Å². The standard InChI is InChI=1S/C56H75F6NO2S2/c1-5-7-9-11-13-15-17-18-19-20-21-23-25-27-37-63-53(64)45-31-29-43(30-32-45)49-39-47(41(3)66-49)51-52(55(59,60)56(61,62)54(51,57)58)48-40-50(67-42(48)4)44-33-35-46(36-34-44)65-38-28-26-24-22-16-14-12-10-8-6-2/h29-36,39-40H,5-28,37-38H2,1-4H3,(H,63,64). The van der Waals surface area contributed by atoms with Gasteiger partial charge >= 0.3 is 17.8 Å². The Balaban J connectivity index is 1.17. The van der Waals surface area contributed by atoms with E-state index >= 15 is 26.3 Å². The summed E-state index contributed by atoms with van der Waals surface area (Å²) in [6.07, 6.45) is 29.7. The number of alkyl halides is 6. The smallest absolute Gasteiger partial charge is 0.380 e. The van der Waals surface area contributed by atoms with E-state index in [0.717, 1.165) is 54.8 Å². The van der Waals surface area contributed by atoms with E-state index in [1.54, 1.807) is 48.5 Å². The summed E-state index contributed by atoms with van der Waals surface area (Å²) >= 11 is 2.14. The van der Waals surface area contributed by atoms with Crippen LogP contribution in [0.1, 0.15) is 199 Å². The Morgan fingerprint density at radius 2 is 0.866 bits per heavy atom. The lowest BCUT2D eigenvalue weighted by molar-refractivity contribution is -0.254. The summed E-state index contributed by atoms with van der Waals surface area (Å²) < 4.78 is 101. The van der Waals surface area contributed by atoms with Crippen molar-refractivity contribution in [2.45, 2.75) is 200 Å². The second-order valence-electron chi connectivity index (χ2n) is 18.6. The first-order valence-corrected chi connectivity index (χ1v) is 27.1. The number of aryl methyl sites for hydroxylation is 2. The molecule has 0 atom stereocenters. The van der Waals surface area contributed by atoms with Crippen LogP contribution in [0.2, 0.25) is 0 Å². The minimum atomic E-state index is -5.66. The number of benzene rings is 2. The highest BCUT2D eigenvalue weighted by Crippen LogP contribution is 2.66. The maximum absolute atomic E-state index is 16.0. The first-order valence-electron chi connectivity index (χ1n) is 25.5. The van der Waals surface area contributed by atoms with Crippen LogP contribution >= 0.6 is 22.7 Å². The number of carbonyl (C=O) groups excluding carboxylic acids is 1. The van der Waals surface area contributed by atoms with Gasteiger partial charge in [0.2, 0.25) is 0 Å². The molecule has 0 spiro atoms. The van der Waals surface area contributed by atoms with E-state index in [4.69, 9.17) is 4.74 Å². The molecule has 0 saturated heterocycles. The van der Waals surface area contributed by atoms with Gasteiger partial charge in [-0.15, -0.1) is 22.7 Å². The van der Waals surface area contributed by atoms with E-state index in [1.807, 2.05) is 0 Å². The summed E-state index contributed by atoms with van der Waals surface area (Å²) in [7, 11) is 0. The SMILES string of the molecule is CCCCCCCCCCCCCCCCNC(=O)c1ccc(-c2cc(C3=C(c4cc(-c5ccc(OCCCCCCCCCCCC)cc5)sc4C)C(F)(F)C(F)(F)C3(F)F)c(C)s2)cc1. The fraction of sp³-hybridized carbons (Fsp3) is 0.589. The molecule has 0 saturated carbocycles. The molecular weight excluding hydrogens is 897 g/mol. The van der Waals surface area contributed by atoms with Gasteiger partial charge in [-0.1, -0.05) is 167 Å². The molecule has 1 N–H and O–H groups in total. The minimum absolute atomic E-state index is 0.201. The summed E-state index contributed by atoms with van der Waals surface area (Å²) in [5.41, 5.74) is -1.77. The first-order chi connectivity index (χ1) is 32.2. The van der Waals surface area contributed by atoms with Crippen molar-refractivity contribution in [1.82, 2.24) is 5.32 Å². The van der Waals surface area contributed by atoms with Crippen molar-refractivity contribution in [2.75, 3.05) is 13.2 Å². The first kappa shape index (κ1) is 54.4. The molecule has 11 heteroatoms. The highest BCUT2D eigenvalue weighted by atomic mass is 32.1. The van der Waals surface area contributed by atoms with Crippen LogP contribution in [0.4, 0.5) is 26.3 Å². The zero-order valence-electron chi connectivity index (χ0n) is 40.6. The molecule has 0 radical (unpaired) electrons. The Morgan fingerprint density at radius 1 is 0.507 bits per heavy atom. The molecule has 1 aliphatic rings. The van der Waals surface area contributed by atoms with Gasteiger partial charge in [0, 0.05) is 42.8 Å². The van der Waals surface area contributed by atoms with Crippen molar-refractivity contribution in [3.8, 4) is 26.6 Å².